The molecule has 0 spiro atoms. The van der Waals surface area contributed by atoms with E-state index in [1.54, 1.807) is 4.57 Å². The molecule has 0 radical (unpaired) electrons. The molecule has 6 heteroatoms. The molecule has 0 fully saturated rings. The average Bonchev–Trinajstić information content (AvgIpc) is 3.96. The molecular weight excluding hydrogens is 697 g/mol. The Morgan fingerprint density at radius 2 is 0.754 bits per heavy atom. The molecule has 0 atom stereocenters. The molecule has 0 unspecified atom stereocenters. The molecule has 0 N–H and O–H groups in total. The Balaban J connectivity index is 1.27. The molecule has 12 rings (SSSR count). The summed E-state index contributed by atoms with van der Waals surface area (Å²) in [4.78, 5) is 16.1. The van der Waals surface area contributed by atoms with E-state index in [4.69, 9.17) is 19.1 Å². The largest absolute Gasteiger partial charge is 0.308 e. The van der Waals surface area contributed by atoms with Gasteiger partial charge in [-0.2, -0.15) is 15.0 Å². The maximum absolute atomic E-state index is 9.29. The van der Waals surface area contributed by atoms with Gasteiger partial charge in [0.15, 0.2) is 5.82 Å². The predicted molar refractivity (Wildman–Crippen MR) is 234 cm³/mol. The second kappa shape index (κ2) is 12.3. The molecule has 0 aliphatic carbocycles. The Morgan fingerprint density at radius 3 is 1.30 bits per heavy atom. The van der Waals surface area contributed by atoms with Gasteiger partial charge in [0, 0.05) is 43.4 Å². The van der Waals surface area contributed by atoms with E-state index in [9.17, 15) is 1.37 Å². The molecule has 4 aromatic heterocycles. The highest BCUT2D eigenvalue weighted by atomic mass is 15.3. The van der Waals surface area contributed by atoms with Crippen molar-refractivity contribution in [2.75, 3.05) is 0 Å². The molecule has 0 aliphatic heterocycles. The Kier molecular flexibility index (Phi) is 6.00. The summed E-state index contributed by atoms with van der Waals surface area (Å²) < 4.78 is 41.9. The van der Waals surface area contributed by atoms with Crippen molar-refractivity contribution in [2.45, 2.75) is 0 Å². The summed E-state index contributed by atoms with van der Waals surface area (Å²) >= 11 is 0. The van der Waals surface area contributed by atoms with Gasteiger partial charge in [-0.25, -0.2) is 0 Å². The van der Waals surface area contributed by atoms with Crippen LogP contribution in [0.5, 0.6) is 0 Å². The van der Waals surface area contributed by atoms with Crippen LogP contribution in [-0.2, 0) is 0 Å². The van der Waals surface area contributed by atoms with E-state index in [0.717, 1.165) is 66.0 Å². The quantitative estimate of drug-likeness (QED) is 0.177. The lowest BCUT2D eigenvalue weighted by atomic mass is 9.99. The third-order valence-corrected chi connectivity index (χ3v) is 11.1. The third-order valence-electron chi connectivity index (χ3n) is 11.1. The van der Waals surface area contributed by atoms with Gasteiger partial charge in [-0.3, -0.25) is 9.13 Å². The topological polar surface area (TPSA) is 53.5 Å². The summed E-state index contributed by atoms with van der Waals surface area (Å²) in [5.41, 5.74) is 8.48. The van der Waals surface area contributed by atoms with Gasteiger partial charge in [0.05, 0.1) is 44.3 Å². The van der Waals surface area contributed by atoms with Gasteiger partial charge in [-0.05, 0) is 48.0 Å². The first-order chi connectivity index (χ1) is 30.0. The molecule has 0 saturated carbocycles. The number of hydrogen-bond acceptors (Lipinski definition) is 3. The van der Waals surface area contributed by atoms with Crippen molar-refractivity contribution in [2.24, 2.45) is 0 Å². The molecule has 4 heterocycles. The number of rotatable bonds is 5. The van der Waals surface area contributed by atoms with Crippen molar-refractivity contribution in [1.29, 1.82) is 0 Å². The van der Waals surface area contributed by atoms with E-state index in [1.807, 2.05) is 72.8 Å². The summed E-state index contributed by atoms with van der Waals surface area (Å²) in [6, 6.07) is 56.5. The maximum Gasteiger partial charge on any atom is 0.240 e. The van der Waals surface area contributed by atoms with Gasteiger partial charge in [0.1, 0.15) is 0 Å². The van der Waals surface area contributed by atoms with Crippen molar-refractivity contribution in [3.63, 3.8) is 0 Å². The van der Waals surface area contributed by atoms with Crippen LogP contribution in [0.1, 0.15) is 5.48 Å². The molecule has 12 aromatic rings. The Hall–Kier alpha value is -7.83. The fraction of sp³-hybridized carbons (Fsp3) is 0. The Bertz CT molecular complexity index is 3670. The van der Waals surface area contributed by atoms with E-state index < -0.39 is 0 Å². The number of hydrogen-bond donors (Lipinski definition) is 0. The van der Waals surface area contributed by atoms with Gasteiger partial charge in [-0.15, -0.1) is 0 Å². The predicted octanol–water partition coefficient (Wildman–Crippen LogP) is 12.5. The highest BCUT2D eigenvalue weighted by Gasteiger charge is 2.24. The second-order valence-corrected chi connectivity index (χ2v) is 14.1. The van der Waals surface area contributed by atoms with Crippen molar-refractivity contribution in [3.8, 4) is 40.1 Å². The Labute approximate surface area is 332 Å². The Morgan fingerprint density at radius 1 is 0.333 bits per heavy atom. The molecule has 0 bridgehead atoms. The zero-order valence-electron chi connectivity index (χ0n) is 34.3. The summed E-state index contributed by atoms with van der Waals surface area (Å²) in [5.74, 6) is 0.974. The smallest absolute Gasteiger partial charge is 0.240 e. The highest BCUT2D eigenvalue weighted by molar-refractivity contribution is 6.12. The van der Waals surface area contributed by atoms with Crippen LogP contribution in [0.3, 0.4) is 0 Å². The first kappa shape index (κ1) is 27.7. The fourth-order valence-electron chi connectivity index (χ4n) is 8.67. The van der Waals surface area contributed by atoms with Crippen LogP contribution in [0.2, 0.25) is 0 Å². The molecule has 6 nitrogen and oxygen atoms in total. The maximum atomic E-state index is 9.29. The number of para-hydroxylation sites is 7. The minimum absolute atomic E-state index is 0.118. The zero-order valence-corrected chi connectivity index (χ0v) is 30.3. The molecule has 0 amide bonds. The SMILES string of the molecule is [2H]c1c([2H])c([2H])c2c(c1[2H])c1ccccc1n2-c1nc(-c2cccc(-c3ccccc3)c2-n2c3ccccc3c3ccccc32)nc(-n2c3ccccc3c3ccccc32)n1. The van der Waals surface area contributed by atoms with Gasteiger partial charge in [0.25, 0.3) is 0 Å². The fourth-order valence-corrected chi connectivity index (χ4v) is 8.67. The summed E-state index contributed by atoms with van der Waals surface area (Å²) in [6.45, 7) is 0. The molecule has 0 aliphatic rings. The van der Waals surface area contributed by atoms with E-state index >= 15 is 0 Å². The average molecular weight is 733 g/mol. The standard InChI is InChI=1S/C51H32N6/c1-2-17-33(18-3-1)34-25-16-26-41(48(34)55-42-27-10-4-19-35(42)36-20-5-11-28-43(36)55)49-52-50(56-44-29-12-6-21-37(44)38-22-7-13-30-45(38)56)54-51(53-49)57-46-31-14-8-23-39(46)40-24-9-15-32-47(40)57/h1-32H/i6D,12D,21D,29D. The van der Waals surface area contributed by atoms with Gasteiger partial charge >= 0.3 is 0 Å². The van der Waals surface area contributed by atoms with Crippen LogP contribution in [0, 0.1) is 0 Å². The minimum Gasteiger partial charge on any atom is -0.308 e. The summed E-state index contributed by atoms with van der Waals surface area (Å²) in [5, 5.41) is 5.40. The van der Waals surface area contributed by atoms with Crippen molar-refractivity contribution in [1.82, 2.24) is 28.7 Å². The van der Waals surface area contributed by atoms with Crippen LogP contribution in [0.25, 0.3) is 106 Å². The number of aromatic nitrogens is 6. The normalized spacial score (nSPS) is 12.8. The van der Waals surface area contributed by atoms with E-state index in [1.165, 1.54) is 0 Å². The van der Waals surface area contributed by atoms with Gasteiger partial charge in [-0.1, -0.05) is 152 Å². The lowest BCUT2D eigenvalue weighted by Crippen LogP contribution is -2.11. The second-order valence-electron chi connectivity index (χ2n) is 14.1. The monoisotopic (exact) mass is 732 g/mol. The summed E-state index contributed by atoms with van der Waals surface area (Å²) in [6.07, 6.45) is 0. The van der Waals surface area contributed by atoms with Crippen LogP contribution < -0.4 is 0 Å². The summed E-state index contributed by atoms with van der Waals surface area (Å²) in [7, 11) is 0. The van der Waals surface area contributed by atoms with E-state index in [0.29, 0.717) is 28.1 Å². The van der Waals surface area contributed by atoms with Crippen LogP contribution >= 0.6 is 0 Å². The molecule has 266 valence electrons. The van der Waals surface area contributed by atoms with Crippen LogP contribution in [0.15, 0.2) is 194 Å². The number of benzene rings is 8. The number of nitrogens with zero attached hydrogens (tertiary/aromatic N) is 6. The van der Waals surface area contributed by atoms with Crippen LogP contribution in [0.4, 0.5) is 0 Å². The van der Waals surface area contributed by atoms with E-state index in [-0.39, 0.29) is 35.6 Å². The lowest BCUT2D eigenvalue weighted by Gasteiger charge is -2.19. The first-order valence-corrected chi connectivity index (χ1v) is 18.9. The minimum atomic E-state index is -0.331. The van der Waals surface area contributed by atoms with E-state index in [2.05, 4.69) is 106 Å². The molecule has 57 heavy (non-hydrogen) atoms. The molecular formula is C51H32N6. The van der Waals surface area contributed by atoms with Crippen molar-refractivity contribution < 1.29 is 5.48 Å². The lowest BCUT2D eigenvalue weighted by molar-refractivity contribution is 0.892. The highest BCUT2D eigenvalue weighted by Crippen LogP contribution is 2.41. The van der Waals surface area contributed by atoms with Crippen molar-refractivity contribution >= 4 is 65.4 Å². The van der Waals surface area contributed by atoms with Crippen LogP contribution in [-0.4, -0.2) is 28.7 Å². The molecule has 0 saturated heterocycles. The molecule has 8 aromatic carbocycles. The van der Waals surface area contributed by atoms with Gasteiger partial charge < -0.3 is 4.57 Å². The van der Waals surface area contributed by atoms with Crippen molar-refractivity contribution in [3.05, 3.63) is 194 Å². The third kappa shape index (κ3) is 4.68. The first-order valence-electron chi connectivity index (χ1n) is 20.9. The van der Waals surface area contributed by atoms with Gasteiger partial charge in [0.2, 0.25) is 11.9 Å². The zero-order chi connectivity index (χ0) is 40.9. The number of fused-ring (bicyclic) bond motifs is 9.